The van der Waals surface area contributed by atoms with Crippen molar-refractivity contribution < 1.29 is 72.4 Å². The number of hydrogen-bond acceptors (Lipinski definition) is 25. The SMILES string of the molecule is CB(O)N1CCC2(C=CC(=O)CC2)CC1.COC(=O)/C=C1/C=CC2(CC1)CCN(B(C)O)CC2.COC(=O)CC1CCC2(CC1)CCN(B(C)O)CC2.COC(=O)CC1CCC2(CC1)CCN(c1ccc(N)cn1)CC2.COC(=O)CC1CCC2(CC1)CCN(c1ccc([N+](=O)[O-])cn1)CC2.COC(=O)CC1CCC2(CCNCC2)CC1. The molecule has 117 heavy (non-hydrogen) atoms. The van der Waals surface area contributed by atoms with Crippen LogP contribution >= 0.6 is 0 Å². The summed E-state index contributed by atoms with van der Waals surface area (Å²) in [5, 5.41) is 42.8. The Labute approximate surface area is 698 Å². The Hall–Kier alpha value is -6.75. The van der Waals surface area contributed by atoms with Crippen LogP contribution in [0.25, 0.3) is 0 Å². The van der Waals surface area contributed by atoms with E-state index in [2.05, 4.69) is 62.5 Å². The number of nitro groups is 1. The lowest BCUT2D eigenvalue weighted by molar-refractivity contribution is -0.385. The fourth-order valence-corrected chi connectivity index (χ4v) is 20.8. The van der Waals surface area contributed by atoms with Gasteiger partial charge >= 0.3 is 51.0 Å². The number of allylic oxidation sites excluding steroid dienone is 5. The van der Waals surface area contributed by atoms with Gasteiger partial charge in [0.2, 0.25) is 0 Å². The smallest absolute Gasteiger partial charge is 0.376 e. The highest BCUT2D eigenvalue weighted by atomic mass is 16.6. The van der Waals surface area contributed by atoms with Crippen LogP contribution in [0.4, 0.5) is 23.0 Å². The van der Waals surface area contributed by atoms with E-state index < -0.39 is 4.92 Å². The van der Waals surface area contributed by atoms with E-state index in [-0.39, 0.29) is 73.3 Å². The number of carbonyl (C=O) groups excluding carboxylic acids is 6. The van der Waals surface area contributed by atoms with E-state index in [0.29, 0.717) is 83.1 Å². The maximum atomic E-state index is 11.4. The van der Waals surface area contributed by atoms with Gasteiger partial charge in [0, 0.05) is 70.4 Å². The van der Waals surface area contributed by atoms with Gasteiger partial charge in [0.1, 0.15) is 17.8 Å². The van der Waals surface area contributed by atoms with Crippen LogP contribution in [0.2, 0.25) is 20.5 Å². The highest BCUT2D eigenvalue weighted by molar-refractivity contribution is 6.45. The van der Waals surface area contributed by atoms with Gasteiger partial charge in [0.15, 0.2) is 5.78 Å². The molecule has 0 bridgehead atoms. The standard InChI is InChI=1S/C18H25N3O4.C18H27N3O2.C14H26BNO3.C14H22BNO3.C13H23NO2.C11H18BNO2/c1-25-17(22)12-14-4-6-18(7-5-14)8-10-20(11-9-18)16-3-2-15(13-19-16)21(23)24;1-23-17(22)12-14-4-6-18(7-5-14)8-10-21(11-9-18)16-3-2-15(19)13-20-16;2*1-15(18)16-9-7-14(8-10-16)5-3-12(4-6-14)11-13(17)19-2;1-16-12(15)10-11-2-4-13(5-3-11)6-8-14-9-7-13;1-12(15)13-8-6-11(7-9-13)4-2-10(14)3-5-11/h2-3,13-14H,4-12H2,1H3;2-3,13-14H,4-12,19H2,1H3;12,18H,3-11H2,1-2H3;3,5,11,18H,4,6-10H2,1-2H3;11,14H,2-10H2,1H3;2,4,15H,3,5-9H2,1H3/b;;;12-11-;;. The van der Waals surface area contributed by atoms with Gasteiger partial charge in [-0.15, -0.1) is 0 Å². The molecule has 2 aromatic rings. The molecule has 0 aromatic carbocycles. The van der Waals surface area contributed by atoms with Crippen molar-refractivity contribution in [3.8, 4) is 0 Å². The lowest BCUT2D eigenvalue weighted by Crippen LogP contribution is -2.47. The molecule has 4 saturated carbocycles. The Morgan fingerprint density at radius 3 is 1.09 bits per heavy atom. The van der Waals surface area contributed by atoms with Crippen molar-refractivity contribution in [2.45, 2.75) is 252 Å². The number of nitrogen functional groups attached to an aromatic ring is 1. The number of esters is 5. The number of nitrogens with zero attached hydrogens (tertiary/aromatic N) is 8. The van der Waals surface area contributed by atoms with Crippen LogP contribution in [0.5, 0.6) is 0 Å². The number of pyridine rings is 2. The number of ether oxygens (including phenoxy) is 5. The van der Waals surface area contributed by atoms with Gasteiger partial charge in [-0.1, -0.05) is 18.2 Å². The number of piperidine rings is 6. The fraction of sp³-hybridized carbons (Fsp3) is 0.750. The van der Waals surface area contributed by atoms with Crippen molar-refractivity contribution in [1.82, 2.24) is 29.7 Å². The number of nitrogens with one attached hydrogen (secondary N) is 1. The summed E-state index contributed by atoms with van der Waals surface area (Å²) in [6.45, 7) is 17.7. The van der Waals surface area contributed by atoms with Crippen molar-refractivity contribution >= 4 is 79.8 Å². The minimum Gasteiger partial charge on any atom is -0.469 e. The Morgan fingerprint density at radius 2 is 0.803 bits per heavy atom. The molecule has 6 aliphatic carbocycles. The second-order valence-electron chi connectivity index (χ2n) is 36.8. The first-order valence-electron chi connectivity index (χ1n) is 44.3. The molecule has 648 valence electrons. The van der Waals surface area contributed by atoms with Crippen molar-refractivity contribution in [3.63, 3.8) is 0 Å². The molecule has 6 aliphatic heterocycles. The molecule has 29 heteroatoms. The molecular weight excluding hydrogens is 1490 g/mol. The van der Waals surface area contributed by atoms with Crippen molar-refractivity contribution in [3.05, 3.63) is 82.7 Å². The van der Waals surface area contributed by atoms with E-state index in [0.717, 1.165) is 179 Å². The number of hydrogen-bond donors (Lipinski definition) is 5. The van der Waals surface area contributed by atoms with Crippen LogP contribution in [0, 0.1) is 66.3 Å². The molecule has 0 amide bonds. The number of ketones is 1. The normalized spacial score (nSPS) is 25.2. The number of carbonyl (C=O) groups is 6. The van der Waals surface area contributed by atoms with Gasteiger partial charge in [-0.2, -0.15) is 0 Å². The van der Waals surface area contributed by atoms with Crippen LogP contribution in [0.3, 0.4) is 0 Å². The molecule has 6 N–H and O–H groups in total. The number of nitrogens with two attached hydrogens (primary N) is 1. The minimum absolute atomic E-state index is 0.0289. The van der Waals surface area contributed by atoms with Crippen LogP contribution in [0.15, 0.2) is 72.6 Å². The third-order valence-corrected chi connectivity index (χ3v) is 29.7. The average Bonchev–Trinajstić information content (AvgIpc) is 0.821. The van der Waals surface area contributed by atoms with Gasteiger partial charge in [-0.05, 0) is 358 Å². The molecule has 10 fully saturated rings. The summed E-state index contributed by atoms with van der Waals surface area (Å²) in [6.07, 6.45) is 52.2. The summed E-state index contributed by atoms with van der Waals surface area (Å²) in [6, 6.07) is 7.19. The van der Waals surface area contributed by atoms with Gasteiger partial charge in [0.25, 0.3) is 5.69 Å². The number of methoxy groups -OCH3 is 5. The van der Waals surface area contributed by atoms with Gasteiger partial charge < -0.3 is 74.0 Å². The third kappa shape index (κ3) is 28.7. The first-order chi connectivity index (χ1) is 56.1. The molecule has 6 spiro atoms. The minimum atomic E-state index is -0.422. The van der Waals surface area contributed by atoms with E-state index in [1.54, 1.807) is 24.4 Å². The van der Waals surface area contributed by atoms with Crippen LogP contribution in [-0.2, 0) is 52.5 Å². The molecule has 14 rings (SSSR count). The number of anilines is 3. The first-order valence-corrected chi connectivity index (χ1v) is 44.3. The molecular formula is C88H141B3N10O16. The number of rotatable bonds is 15. The molecule has 26 nitrogen and oxygen atoms in total. The molecule has 6 saturated heterocycles. The largest absolute Gasteiger partial charge is 0.469 e. The summed E-state index contributed by atoms with van der Waals surface area (Å²) < 4.78 is 23.7. The lowest BCUT2D eigenvalue weighted by atomic mass is 9.64. The Bertz CT molecular complexity index is 3520. The lowest BCUT2D eigenvalue weighted by Gasteiger charge is -2.46. The number of aromatic nitrogens is 2. The summed E-state index contributed by atoms with van der Waals surface area (Å²) >= 11 is 0. The summed E-state index contributed by atoms with van der Waals surface area (Å²) in [7, 11) is 6.29. The highest BCUT2D eigenvalue weighted by Gasteiger charge is 2.44. The van der Waals surface area contributed by atoms with E-state index in [1.165, 1.54) is 164 Å². The van der Waals surface area contributed by atoms with E-state index >= 15 is 0 Å². The Morgan fingerprint density at radius 1 is 0.470 bits per heavy atom. The van der Waals surface area contributed by atoms with Crippen LogP contribution in [-0.4, -0.2) is 215 Å². The highest BCUT2D eigenvalue weighted by Crippen LogP contribution is 2.52. The van der Waals surface area contributed by atoms with Gasteiger partial charge in [0.05, 0.1) is 52.4 Å². The van der Waals surface area contributed by atoms with E-state index in [9.17, 15) is 54.0 Å². The van der Waals surface area contributed by atoms with E-state index in [1.807, 2.05) is 32.6 Å². The fourth-order valence-electron chi connectivity index (χ4n) is 20.8. The van der Waals surface area contributed by atoms with Crippen molar-refractivity contribution in [2.75, 3.05) is 130 Å². The maximum absolute atomic E-state index is 11.4. The molecule has 0 radical (unpaired) electrons. The topological polar surface area (TPSA) is 332 Å². The van der Waals surface area contributed by atoms with Crippen molar-refractivity contribution in [2.24, 2.45) is 56.2 Å². The predicted molar refractivity (Wildman–Crippen MR) is 459 cm³/mol. The van der Waals surface area contributed by atoms with Gasteiger partial charge in [-0.3, -0.25) is 34.1 Å². The summed E-state index contributed by atoms with van der Waals surface area (Å²) in [5.74, 6) is 3.66. The van der Waals surface area contributed by atoms with Crippen LogP contribution < -0.4 is 20.9 Å². The zero-order valence-corrected chi connectivity index (χ0v) is 72.1. The Kier molecular flexibility index (Phi) is 36.4. The summed E-state index contributed by atoms with van der Waals surface area (Å²) in [4.78, 5) is 97.6. The molecule has 2 aromatic heterocycles. The molecule has 8 heterocycles. The molecule has 0 atom stereocenters. The Balaban J connectivity index is 0.000000162. The summed E-state index contributed by atoms with van der Waals surface area (Å²) in [5.41, 5.74) is 9.99. The predicted octanol–water partition coefficient (Wildman–Crippen LogP) is 13.1. The molecule has 12 aliphatic rings. The molecule has 0 unspecified atom stereocenters. The second kappa shape index (κ2) is 45.2. The quantitative estimate of drug-likeness (QED) is 0.0276. The van der Waals surface area contributed by atoms with Crippen LogP contribution in [0.1, 0.15) is 231 Å². The van der Waals surface area contributed by atoms with Gasteiger partial charge in [-0.25, -0.2) is 14.8 Å². The van der Waals surface area contributed by atoms with Crippen molar-refractivity contribution in [1.29, 1.82) is 0 Å². The zero-order chi connectivity index (χ0) is 84.2. The first kappa shape index (κ1) is 94.1. The second-order valence-corrected chi connectivity index (χ2v) is 36.8. The monoisotopic (exact) mass is 1630 g/mol. The average molecular weight is 1630 g/mol. The van der Waals surface area contributed by atoms with E-state index in [4.69, 9.17) is 24.7 Å². The third-order valence-electron chi connectivity index (χ3n) is 29.7. The zero-order valence-electron chi connectivity index (χ0n) is 72.1. The maximum Gasteiger partial charge on any atom is 0.376 e.